The number of rotatable bonds is 4. The second kappa shape index (κ2) is 6.56. The fraction of sp³-hybridized carbons (Fsp3) is 0.200. The Bertz CT molecular complexity index is 558. The summed E-state index contributed by atoms with van der Waals surface area (Å²) in [5.74, 6) is 0.0956. The van der Waals surface area contributed by atoms with Gasteiger partial charge in [-0.3, -0.25) is 10.1 Å². The predicted octanol–water partition coefficient (Wildman–Crippen LogP) is 2.68. The van der Waals surface area contributed by atoms with Crippen LogP contribution in [0.3, 0.4) is 0 Å². The van der Waals surface area contributed by atoms with Crippen molar-refractivity contribution in [2.45, 2.75) is 20.0 Å². The SMILES string of the molecule is CC(=O)Oc1ccc(COC(=O)NC2=CCC=C2)cc1. The molecule has 20 heavy (non-hydrogen) atoms. The van der Waals surface area contributed by atoms with Crippen LogP contribution in [0.4, 0.5) is 4.79 Å². The van der Waals surface area contributed by atoms with E-state index in [2.05, 4.69) is 5.32 Å². The summed E-state index contributed by atoms with van der Waals surface area (Å²) < 4.78 is 9.99. The molecule has 0 heterocycles. The number of hydrogen-bond acceptors (Lipinski definition) is 4. The average Bonchev–Trinajstić information content (AvgIpc) is 2.90. The smallest absolute Gasteiger partial charge is 0.411 e. The van der Waals surface area contributed by atoms with Crippen LogP contribution < -0.4 is 10.1 Å². The third-order valence-corrected chi connectivity index (χ3v) is 2.57. The van der Waals surface area contributed by atoms with Crippen LogP contribution in [0.15, 0.2) is 48.2 Å². The third kappa shape index (κ3) is 4.28. The van der Waals surface area contributed by atoms with Gasteiger partial charge in [-0.05, 0) is 30.2 Å². The van der Waals surface area contributed by atoms with Gasteiger partial charge in [0.15, 0.2) is 0 Å². The van der Waals surface area contributed by atoms with Crippen LogP contribution in [0.1, 0.15) is 18.9 Å². The monoisotopic (exact) mass is 273 g/mol. The summed E-state index contributed by atoms with van der Waals surface area (Å²) >= 11 is 0. The van der Waals surface area contributed by atoms with Crippen molar-refractivity contribution in [1.29, 1.82) is 0 Å². The van der Waals surface area contributed by atoms with Crippen molar-refractivity contribution in [1.82, 2.24) is 5.32 Å². The Hall–Kier alpha value is -2.56. The van der Waals surface area contributed by atoms with Gasteiger partial charge in [-0.15, -0.1) is 0 Å². The average molecular weight is 273 g/mol. The zero-order valence-electron chi connectivity index (χ0n) is 11.1. The van der Waals surface area contributed by atoms with E-state index in [0.29, 0.717) is 5.75 Å². The molecule has 0 saturated carbocycles. The Kier molecular flexibility index (Phi) is 4.55. The van der Waals surface area contributed by atoms with E-state index in [1.165, 1.54) is 6.92 Å². The zero-order chi connectivity index (χ0) is 14.4. The van der Waals surface area contributed by atoms with Crippen LogP contribution in [-0.4, -0.2) is 12.1 Å². The number of alkyl carbamates (subject to hydrolysis) is 1. The predicted molar refractivity (Wildman–Crippen MR) is 72.9 cm³/mol. The molecule has 5 nitrogen and oxygen atoms in total. The van der Waals surface area contributed by atoms with Gasteiger partial charge >= 0.3 is 12.1 Å². The fourth-order valence-electron chi connectivity index (χ4n) is 1.67. The van der Waals surface area contributed by atoms with E-state index in [4.69, 9.17) is 9.47 Å². The van der Waals surface area contributed by atoms with Gasteiger partial charge in [0.1, 0.15) is 12.4 Å². The summed E-state index contributed by atoms with van der Waals surface area (Å²) in [5.41, 5.74) is 1.56. The van der Waals surface area contributed by atoms with Gasteiger partial charge < -0.3 is 9.47 Å². The van der Waals surface area contributed by atoms with Crippen LogP contribution >= 0.6 is 0 Å². The lowest BCUT2D eigenvalue weighted by atomic mass is 10.2. The summed E-state index contributed by atoms with van der Waals surface area (Å²) in [7, 11) is 0. The van der Waals surface area contributed by atoms with Crippen molar-refractivity contribution >= 4 is 12.1 Å². The summed E-state index contributed by atoms with van der Waals surface area (Å²) in [6.45, 7) is 1.50. The minimum atomic E-state index is -0.494. The van der Waals surface area contributed by atoms with Crippen LogP contribution in [0, 0.1) is 0 Å². The zero-order valence-corrected chi connectivity index (χ0v) is 11.1. The molecular weight excluding hydrogens is 258 g/mol. The maximum atomic E-state index is 11.5. The second-order valence-corrected chi connectivity index (χ2v) is 4.24. The van der Waals surface area contributed by atoms with Crippen LogP contribution in [0.5, 0.6) is 5.75 Å². The van der Waals surface area contributed by atoms with E-state index in [-0.39, 0.29) is 12.6 Å². The first-order chi connectivity index (χ1) is 9.63. The summed E-state index contributed by atoms with van der Waals surface area (Å²) in [6.07, 6.45) is 6.01. The maximum Gasteiger partial charge on any atom is 0.411 e. The lowest BCUT2D eigenvalue weighted by Gasteiger charge is -2.07. The summed E-state index contributed by atoms with van der Waals surface area (Å²) in [4.78, 5) is 22.3. The molecule has 1 aliphatic carbocycles. The molecule has 104 valence electrons. The molecule has 5 heteroatoms. The molecule has 0 fully saturated rings. The molecule has 0 radical (unpaired) electrons. The minimum Gasteiger partial charge on any atom is -0.444 e. The molecule has 1 aromatic carbocycles. The Balaban J connectivity index is 1.79. The quantitative estimate of drug-likeness (QED) is 0.676. The van der Waals surface area contributed by atoms with Crippen LogP contribution in [0.25, 0.3) is 0 Å². The third-order valence-electron chi connectivity index (χ3n) is 2.57. The first-order valence-electron chi connectivity index (χ1n) is 6.21. The number of esters is 1. The van der Waals surface area contributed by atoms with Crippen LogP contribution in [0.2, 0.25) is 0 Å². The number of benzene rings is 1. The Morgan fingerprint density at radius 2 is 2.00 bits per heavy atom. The Morgan fingerprint density at radius 3 is 2.60 bits per heavy atom. The fourth-order valence-corrected chi connectivity index (χ4v) is 1.67. The molecule has 1 aliphatic rings. The van der Waals surface area contributed by atoms with Gasteiger partial charge in [0.05, 0.1) is 0 Å². The molecule has 1 N–H and O–H groups in total. The van der Waals surface area contributed by atoms with E-state index in [0.717, 1.165) is 17.7 Å². The number of ether oxygens (including phenoxy) is 2. The highest BCUT2D eigenvalue weighted by Crippen LogP contribution is 2.13. The van der Waals surface area contributed by atoms with Crippen molar-refractivity contribution in [3.63, 3.8) is 0 Å². The first kappa shape index (κ1) is 13.9. The van der Waals surface area contributed by atoms with E-state index < -0.39 is 6.09 Å². The van der Waals surface area contributed by atoms with Gasteiger partial charge in [-0.2, -0.15) is 0 Å². The van der Waals surface area contributed by atoms with Gasteiger partial charge in [0, 0.05) is 12.6 Å². The molecule has 0 aromatic heterocycles. The lowest BCUT2D eigenvalue weighted by Crippen LogP contribution is -2.22. The van der Waals surface area contributed by atoms with Crippen LogP contribution in [-0.2, 0) is 16.1 Å². The van der Waals surface area contributed by atoms with Crippen molar-refractivity contribution < 1.29 is 19.1 Å². The molecule has 0 saturated heterocycles. The van der Waals surface area contributed by atoms with Crippen molar-refractivity contribution in [3.8, 4) is 5.75 Å². The van der Waals surface area contributed by atoms with E-state index in [1.807, 2.05) is 18.2 Å². The van der Waals surface area contributed by atoms with Gasteiger partial charge in [-0.25, -0.2) is 4.79 Å². The number of hydrogen-bond donors (Lipinski definition) is 1. The molecular formula is C15H15NO4. The Morgan fingerprint density at radius 1 is 1.25 bits per heavy atom. The van der Waals surface area contributed by atoms with Gasteiger partial charge in [-0.1, -0.05) is 24.3 Å². The summed E-state index contributed by atoms with van der Waals surface area (Å²) in [5, 5.41) is 2.63. The molecule has 0 aliphatic heterocycles. The molecule has 0 bridgehead atoms. The Labute approximate surface area is 116 Å². The molecule has 1 amide bonds. The summed E-state index contributed by atoms with van der Waals surface area (Å²) in [6, 6.07) is 6.78. The molecule has 0 unspecified atom stereocenters. The molecule has 0 spiro atoms. The number of carbonyl (C=O) groups excluding carboxylic acids is 2. The molecule has 0 atom stereocenters. The second-order valence-electron chi connectivity index (χ2n) is 4.24. The van der Waals surface area contributed by atoms with Crippen molar-refractivity contribution in [3.05, 3.63) is 53.8 Å². The lowest BCUT2D eigenvalue weighted by molar-refractivity contribution is -0.131. The highest BCUT2D eigenvalue weighted by atomic mass is 16.5. The van der Waals surface area contributed by atoms with Crippen molar-refractivity contribution in [2.24, 2.45) is 0 Å². The number of carbonyl (C=O) groups is 2. The first-order valence-corrected chi connectivity index (χ1v) is 6.21. The van der Waals surface area contributed by atoms with E-state index >= 15 is 0 Å². The maximum absolute atomic E-state index is 11.5. The van der Waals surface area contributed by atoms with Gasteiger partial charge in [0.2, 0.25) is 0 Å². The number of amides is 1. The topological polar surface area (TPSA) is 64.6 Å². The number of nitrogens with one attached hydrogen (secondary N) is 1. The normalized spacial score (nSPS) is 12.8. The number of allylic oxidation sites excluding steroid dienone is 3. The van der Waals surface area contributed by atoms with E-state index in [1.54, 1.807) is 24.3 Å². The molecule has 1 aromatic rings. The highest BCUT2D eigenvalue weighted by molar-refractivity contribution is 5.70. The largest absolute Gasteiger partial charge is 0.444 e. The molecule has 2 rings (SSSR count). The van der Waals surface area contributed by atoms with Gasteiger partial charge in [0.25, 0.3) is 0 Å². The van der Waals surface area contributed by atoms with Crippen molar-refractivity contribution in [2.75, 3.05) is 0 Å². The van der Waals surface area contributed by atoms with E-state index in [9.17, 15) is 9.59 Å². The highest BCUT2D eigenvalue weighted by Gasteiger charge is 2.06. The standard InChI is InChI=1S/C15H15NO4/c1-11(17)20-14-8-6-12(7-9-14)10-19-15(18)16-13-4-2-3-5-13/h2,4-9H,3,10H2,1H3,(H,16,18). The minimum absolute atomic E-state index is 0.156.